The maximum absolute atomic E-state index is 11.6. The largest absolute Gasteiger partial charge is 0.497 e. The summed E-state index contributed by atoms with van der Waals surface area (Å²) >= 11 is 5.01. The van der Waals surface area contributed by atoms with Crippen LogP contribution in [-0.4, -0.2) is 30.6 Å². The van der Waals surface area contributed by atoms with Gasteiger partial charge in [-0.2, -0.15) is 0 Å². The number of hydrogen-bond donors (Lipinski definition) is 3. The van der Waals surface area contributed by atoms with Crippen molar-refractivity contribution in [3.05, 3.63) is 23.8 Å². The second kappa shape index (κ2) is 7.69. The topological polar surface area (TPSA) is 76.4 Å². The van der Waals surface area contributed by atoms with Gasteiger partial charge < -0.3 is 21.1 Å². The minimum Gasteiger partial charge on any atom is -0.497 e. The molecule has 0 radical (unpaired) electrons. The number of rotatable bonds is 7. The molecule has 0 spiro atoms. The summed E-state index contributed by atoms with van der Waals surface area (Å²) in [5.41, 5.74) is 7.19. The van der Waals surface area contributed by atoms with Crippen LogP contribution in [0.3, 0.4) is 0 Å². The minimum absolute atomic E-state index is 0.00673. The molecule has 1 aromatic rings. The molecule has 0 saturated heterocycles. The van der Waals surface area contributed by atoms with Crippen LogP contribution in [0, 0.1) is 0 Å². The molecular formula is C14H21N3O2S. The second-order valence-corrected chi connectivity index (χ2v) is 5.11. The van der Waals surface area contributed by atoms with Gasteiger partial charge in [0.05, 0.1) is 7.11 Å². The summed E-state index contributed by atoms with van der Waals surface area (Å²) in [5.74, 6) is 0.714. The molecule has 0 heterocycles. The predicted octanol–water partition coefficient (Wildman–Crippen LogP) is 1.66. The maximum Gasteiger partial charge on any atom is 0.221 e. The molecule has 20 heavy (non-hydrogen) atoms. The molecule has 1 aromatic carbocycles. The van der Waals surface area contributed by atoms with Gasteiger partial charge in [0.2, 0.25) is 5.91 Å². The Morgan fingerprint density at radius 3 is 2.70 bits per heavy atom. The standard InChI is InChI=1S/C14H21N3O2S/c1-9(2)17-13(18)6-7-16-12-8-10(19-3)4-5-11(12)14(15)20/h4-5,8-9,16H,6-7H2,1-3H3,(H2,15,20)(H,17,18). The Labute approximate surface area is 124 Å². The Morgan fingerprint density at radius 1 is 1.45 bits per heavy atom. The highest BCUT2D eigenvalue weighted by atomic mass is 32.1. The fourth-order valence-electron chi connectivity index (χ4n) is 1.72. The first-order chi connectivity index (χ1) is 9.43. The van der Waals surface area contributed by atoms with Gasteiger partial charge in [0.1, 0.15) is 10.7 Å². The number of nitrogens with two attached hydrogens (primary N) is 1. The third-order valence-electron chi connectivity index (χ3n) is 2.61. The van der Waals surface area contributed by atoms with Crippen molar-refractivity contribution in [1.29, 1.82) is 0 Å². The normalized spacial score (nSPS) is 10.2. The van der Waals surface area contributed by atoms with E-state index in [-0.39, 0.29) is 11.9 Å². The molecule has 0 aliphatic rings. The van der Waals surface area contributed by atoms with Gasteiger partial charge in [0.15, 0.2) is 0 Å². The van der Waals surface area contributed by atoms with E-state index in [2.05, 4.69) is 10.6 Å². The van der Waals surface area contributed by atoms with Gasteiger partial charge in [0.25, 0.3) is 0 Å². The first-order valence-electron chi connectivity index (χ1n) is 6.45. The van der Waals surface area contributed by atoms with Gasteiger partial charge in [0, 0.05) is 36.3 Å². The Hall–Kier alpha value is -1.82. The summed E-state index contributed by atoms with van der Waals surface area (Å²) in [7, 11) is 1.59. The third-order valence-corrected chi connectivity index (χ3v) is 2.83. The van der Waals surface area contributed by atoms with Crippen LogP contribution >= 0.6 is 12.2 Å². The fourth-order valence-corrected chi connectivity index (χ4v) is 1.89. The molecule has 0 bridgehead atoms. The number of hydrogen-bond acceptors (Lipinski definition) is 4. The molecule has 4 N–H and O–H groups in total. The molecule has 5 nitrogen and oxygen atoms in total. The smallest absolute Gasteiger partial charge is 0.221 e. The van der Waals surface area contributed by atoms with Crippen molar-refractivity contribution in [3.63, 3.8) is 0 Å². The summed E-state index contributed by atoms with van der Waals surface area (Å²) in [6.07, 6.45) is 0.381. The van der Waals surface area contributed by atoms with Crippen LogP contribution in [0.2, 0.25) is 0 Å². The molecular weight excluding hydrogens is 274 g/mol. The zero-order valence-corrected chi connectivity index (χ0v) is 12.8. The molecule has 0 atom stereocenters. The number of carbonyl (C=O) groups is 1. The van der Waals surface area contributed by atoms with Crippen molar-refractivity contribution < 1.29 is 9.53 Å². The third kappa shape index (κ3) is 5.05. The van der Waals surface area contributed by atoms with E-state index in [9.17, 15) is 4.79 Å². The lowest BCUT2D eigenvalue weighted by atomic mass is 10.1. The summed E-state index contributed by atoms with van der Waals surface area (Å²) < 4.78 is 5.17. The number of anilines is 1. The lowest BCUT2D eigenvalue weighted by Gasteiger charge is -2.13. The van der Waals surface area contributed by atoms with Crippen LogP contribution in [0.1, 0.15) is 25.8 Å². The van der Waals surface area contributed by atoms with Crippen molar-refractivity contribution in [2.45, 2.75) is 26.3 Å². The van der Waals surface area contributed by atoms with Crippen molar-refractivity contribution in [1.82, 2.24) is 5.32 Å². The first kappa shape index (κ1) is 16.2. The van der Waals surface area contributed by atoms with E-state index in [1.807, 2.05) is 19.9 Å². The Balaban J connectivity index is 2.66. The molecule has 0 aliphatic heterocycles. The molecule has 0 aromatic heterocycles. The van der Waals surface area contributed by atoms with E-state index in [1.54, 1.807) is 19.2 Å². The number of ether oxygens (including phenoxy) is 1. The average Bonchev–Trinajstić information content (AvgIpc) is 2.37. The van der Waals surface area contributed by atoms with Crippen LogP contribution < -0.4 is 21.1 Å². The van der Waals surface area contributed by atoms with Crippen LogP contribution in [-0.2, 0) is 4.79 Å². The lowest BCUT2D eigenvalue weighted by Crippen LogP contribution is -2.31. The van der Waals surface area contributed by atoms with Crippen LogP contribution in [0.15, 0.2) is 18.2 Å². The Morgan fingerprint density at radius 2 is 2.15 bits per heavy atom. The van der Waals surface area contributed by atoms with Gasteiger partial charge >= 0.3 is 0 Å². The van der Waals surface area contributed by atoms with E-state index in [0.29, 0.717) is 23.7 Å². The van der Waals surface area contributed by atoms with Gasteiger partial charge in [-0.1, -0.05) is 12.2 Å². The monoisotopic (exact) mass is 295 g/mol. The SMILES string of the molecule is COc1ccc(C(N)=S)c(NCCC(=O)NC(C)C)c1. The molecule has 6 heteroatoms. The van der Waals surface area contributed by atoms with E-state index in [1.165, 1.54) is 0 Å². The van der Waals surface area contributed by atoms with Gasteiger partial charge in [-0.15, -0.1) is 0 Å². The zero-order valence-electron chi connectivity index (χ0n) is 12.0. The van der Waals surface area contributed by atoms with Crippen molar-refractivity contribution >= 4 is 28.8 Å². The van der Waals surface area contributed by atoms with Crippen LogP contribution in [0.25, 0.3) is 0 Å². The van der Waals surface area contributed by atoms with Crippen molar-refractivity contribution in [2.75, 3.05) is 19.0 Å². The number of amides is 1. The minimum atomic E-state index is 0.00673. The molecule has 0 aliphatic carbocycles. The highest BCUT2D eigenvalue weighted by molar-refractivity contribution is 7.80. The Bertz CT molecular complexity index is 489. The summed E-state index contributed by atoms with van der Waals surface area (Å²) in [6, 6.07) is 5.56. The summed E-state index contributed by atoms with van der Waals surface area (Å²) in [5, 5.41) is 6.00. The van der Waals surface area contributed by atoms with E-state index in [0.717, 1.165) is 11.3 Å². The average molecular weight is 295 g/mol. The number of nitrogens with one attached hydrogen (secondary N) is 2. The molecule has 1 rings (SSSR count). The highest BCUT2D eigenvalue weighted by Crippen LogP contribution is 2.22. The molecule has 1 amide bonds. The summed E-state index contributed by atoms with van der Waals surface area (Å²) in [4.78, 5) is 11.9. The van der Waals surface area contributed by atoms with Crippen molar-refractivity contribution in [2.24, 2.45) is 5.73 Å². The van der Waals surface area contributed by atoms with Crippen LogP contribution in [0.4, 0.5) is 5.69 Å². The van der Waals surface area contributed by atoms with E-state index >= 15 is 0 Å². The van der Waals surface area contributed by atoms with Crippen LogP contribution in [0.5, 0.6) is 5.75 Å². The number of carbonyl (C=O) groups excluding carboxylic acids is 1. The number of thiocarbonyl (C=S) groups is 1. The molecule has 0 unspecified atom stereocenters. The molecule has 0 saturated carbocycles. The van der Waals surface area contributed by atoms with E-state index < -0.39 is 0 Å². The lowest BCUT2D eigenvalue weighted by molar-refractivity contribution is -0.121. The quantitative estimate of drug-likeness (QED) is 0.667. The van der Waals surface area contributed by atoms with Gasteiger partial charge in [-0.25, -0.2) is 0 Å². The maximum atomic E-state index is 11.6. The number of methoxy groups -OCH3 is 1. The van der Waals surface area contributed by atoms with Gasteiger partial charge in [-0.05, 0) is 26.0 Å². The molecule has 0 fully saturated rings. The fraction of sp³-hybridized carbons (Fsp3) is 0.429. The predicted molar refractivity (Wildman–Crippen MR) is 85.3 cm³/mol. The summed E-state index contributed by atoms with van der Waals surface area (Å²) in [6.45, 7) is 4.36. The number of benzene rings is 1. The second-order valence-electron chi connectivity index (χ2n) is 4.67. The first-order valence-corrected chi connectivity index (χ1v) is 6.86. The Kier molecular flexibility index (Phi) is 6.24. The van der Waals surface area contributed by atoms with Gasteiger partial charge in [-0.3, -0.25) is 4.79 Å². The molecule has 110 valence electrons. The van der Waals surface area contributed by atoms with Crippen molar-refractivity contribution in [3.8, 4) is 5.75 Å². The highest BCUT2D eigenvalue weighted by Gasteiger charge is 2.08. The van der Waals surface area contributed by atoms with E-state index in [4.69, 9.17) is 22.7 Å². The zero-order chi connectivity index (χ0) is 15.1.